The third kappa shape index (κ3) is 16.5. The molecule has 0 radical (unpaired) electrons. The van der Waals surface area contributed by atoms with E-state index in [1.807, 2.05) is 23.5 Å². The summed E-state index contributed by atoms with van der Waals surface area (Å²) in [4.78, 5) is 2.65. The standard InChI is InChI=1S/C22H44O2S2/c1-3-5-7-9-11-13-19-25-21(15-17-23)22(16-18-24)26-20-14-12-10-8-6-4-2/h23-24H,3-20H2,1-2H3/b22-21-. The van der Waals surface area contributed by atoms with E-state index >= 15 is 0 Å². The molecule has 0 amide bonds. The molecule has 0 heterocycles. The van der Waals surface area contributed by atoms with Gasteiger partial charge in [0.05, 0.1) is 0 Å². The van der Waals surface area contributed by atoms with Gasteiger partial charge >= 0.3 is 0 Å². The molecule has 0 spiro atoms. The van der Waals surface area contributed by atoms with Crippen molar-refractivity contribution in [3.05, 3.63) is 9.81 Å². The first-order valence-electron chi connectivity index (χ1n) is 11.0. The average Bonchev–Trinajstić information content (AvgIpc) is 2.65. The van der Waals surface area contributed by atoms with Gasteiger partial charge in [0.25, 0.3) is 0 Å². The maximum Gasteiger partial charge on any atom is 0.0476 e. The zero-order valence-corrected chi connectivity index (χ0v) is 19.1. The van der Waals surface area contributed by atoms with Gasteiger partial charge in [-0.3, -0.25) is 0 Å². The van der Waals surface area contributed by atoms with Crippen LogP contribution in [-0.4, -0.2) is 34.9 Å². The van der Waals surface area contributed by atoms with Crippen LogP contribution in [-0.2, 0) is 0 Å². The summed E-state index contributed by atoms with van der Waals surface area (Å²) in [7, 11) is 0. The lowest BCUT2D eigenvalue weighted by molar-refractivity contribution is 0.296. The van der Waals surface area contributed by atoms with Crippen molar-refractivity contribution in [1.29, 1.82) is 0 Å². The van der Waals surface area contributed by atoms with Gasteiger partial charge in [-0.25, -0.2) is 0 Å². The molecule has 0 aliphatic rings. The fraction of sp³-hybridized carbons (Fsp3) is 0.909. The van der Waals surface area contributed by atoms with Gasteiger partial charge in [0, 0.05) is 26.1 Å². The summed E-state index contributed by atoms with van der Waals surface area (Å²) in [5.41, 5.74) is 0. The normalized spacial score (nSPS) is 12.5. The van der Waals surface area contributed by atoms with Gasteiger partial charge in [-0.15, -0.1) is 23.5 Å². The Kier molecular flexibility index (Phi) is 22.0. The number of hydrogen-bond donors (Lipinski definition) is 2. The maximum atomic E-state index is 9.43. The molecule has 0 aromatic carbocycles. The molecule has 4 heteroatoms. The number of aliphatic hydroxyl groups is 2. The second kappa shape index (κ2) is 21.7. The average molecular weight is 405 g/mol. The second-order valence-electron chi connectivity index (χ2n) is 7.03. The van der Waals surface area contributed by atoms with E-state index in [1.165, 1.54) is 86.9 Å². The van der Waals surface area contributed by atoms with Crippen LogP contribution in [0.4, 0.5) is 0 Å². The van der Waals surface area contributed by atoms with Crippen molar-refractivity contribution in [3.8, 4) is 0 Å². The molecule has 0 bridgehead atoms. The first kappa shape index (κ1) is 26.4. The molecule has 0 fully saturated rings. The third-order valence-electron chi connectivity index (χ3n) is 4.54. The van der Waals surface area contributed by atoms with E-state index in [4.69, 9.17) is 0 Å². The second-order valence-corrected chi connectivity index (χ2v) is 9.41. The minimum atomic E-state index is 0.214. The number of rotatable bonds is 20. The molecule has 0 saturated carbocycles. The van der Waals surface area contributed by atoms with Crippen LogP contribution in [0.3, 0.4) is 0 Å². The molecule has 0 atom stereocenters. The minimum absolute atomic E-state index is 0.214. The van der Waals surface area contributed by atoms with E-state index in [2.05, 4.69) is 13.8 Å². The molecule has 2 N–H and O–H groups in total. The quantitative estimate of drug-likeness (QED) is 0.211. The van der Waals surface area contributed by atoms with Crippen LogP contribution in [0.2, 0.25) is 0 Å². The van der Waals surface area contributed by atoms with E-state index in [0.717, 1.165) is 24.3 Å². The SMILES string of the molecule is CCCCCCCCS/C(CCO)=C(/CCO)SCCCCCCCC. The molecule has 0 aromatic rings. The van der Waals surface area contributed by atoms with Gasteiger partial charge in [-0.2, -0.15) is 0 Å². The Balaban J connectivity index is 4.19. The van der Waals surface area contributed by atoms with Gasteiger partial charge < -0.3 is 10.2 Å². The maximum absolute atomic E-state index is 9.43. The van der Waals surface area contributed by atoms with Gasteiger partial charge in [0.2, 0.25) is 0 Å². The topological polar surface area (TPSA) is 40.5 Å². The highest BCUT2D eigenvalue weighted by molar-refractivity contribution is 8.06. The molecular formula is C22H44O2S2. The molecule has 0 aliphatic carbocycles. The van der Waals surface area contributed by atoms with Gasteiger partial charge in [0.1, 0.15) is 0 Å². The van der Waals surface area contributed by atoms with Crippen molar-refractivity contribution in [1.82, 2.24) is 0 Å². The summed E-state index contributed by atoms with van der Waals surface area (Å²) in [6.45, 7) is 4.94. The summed E-state index contributed by atoms with van der Waals surface area (Å²) in [5, 5.41) is 18.9. The molecule has 156 valence electrons. The summed E-state index contributed by atoms with van der Waals surface area (Å²) < 4.78 is 0. The van der Waals surface area contributed by atoms with Gasteiger partial charge in [0.15, 0.2) is 0 Å². The zero-order valence-electron chi connectivity index (χ0n) is 17.4. The molecule has 2 nitrogen and oxygen atoms in total. The number of thioether (sulfide) groups is 2. The first-order valence-corrected chi connectivity index (χ1v) is 13.0. The van der Waals surface area contributed by atoms with E-state index in [9.17, 15) is 10.2 Å². The van der Waals surface area contributed by atoms with Gasteiger partial charge in [-0.1, -0.05) is 78.1 Å². The summed E-state index contributed by atoms with van der Waals surface area (Å²) >= 11 is 3.84. The van der Waals surface area contributed by atoms with E-state index in [1.54, 1.807) is 0 Å². The van der Waals surface area contributed by atoms with Crippen molar-refractivity contribution >= 4 is 23.5 Å². The molecule has 0 aliphatic heterocycles. The Morgan fingerprint density at radius 2 is 0.885 bits per heavy atom. The van der Waals surface area contributed by atoms with Crippen molar-refractivity contribution in [2.24, 2.45) is 0 Å². The highest BCUT2D eigenvalue weighted by atomic mass is 32.2. The zero-order chi connectivity index (χ0) is 19.3. The molecule has 26 heavy (non-hydrogen) atoms. The highest BCUT2D eigenvalue weighted by Gasteiger charge is 2.08. The van der Waals surface area contributed by atoms with Crippen LogP contribution in [0.1, 0.15) is 104 Å². The van der Waals surface area contributed by atoms with Crippen LogP contribution in [0.15, 0.2) is 9.81 Å². The van der Waals surface area contributed by atoms with E-state index in [0.29, 0.717) is 0 Å². The Morgan fingerprint density at radius 3 is 1.23 bits per heavy atom. The van der Waals surface area contributed by atoms with Crippen LogP contribution < -0.4 is 0 Å². The van der Waals surface area contributed by atoms with Gasteiger partial charge in [-0.05, 0) is 34.2 Å². The smallest absolute Gasteiger partial charge is 0.0476 e. The molecule has 0 aromatic heterocycles. The first-order chi connectivity index (χ1) is 12.8. The Labute approximate surface area is 172 Å². The summed E-state index contributed by atoms with van der Waals surface area (Å²) in [5.74, 6) is 2.29. The fourth-order valence-corrected chi connectivity index (χ4v) is 5.48. The fourth-order valence-electron chi connectivity index (χ4n) is 2.94. The minimum Gasteiger partial charge on any atom is -0.396 e. The van der Waals surface area contributed by atoms with E-state index in [-0.39, 0.29) is 13.2 Å². The highest BCUT2D eigenvalue weighted by Crippen LogP contribution is 2.33. The lowest BCUT2D eigenvalue weighted by atomic mass is 10.1. The Bertz CT molecular complexity index is 289. The lowest BCUT2D eigenvalue weighted by Gasteiger charge is -2.14. The number of unbranched alkanes of at least 4 members (excludes halogenated alkanes) is 10. The van der Waals surface area contributed by atoms with Crippen molar-refractivity contribution < 1.29 is 10.2 Å². The van der Waals surface area contributed by atoms with Crippen molar-refractivity contribution in [2.75, 3.05) is 24.7 Å². The molecule has 0 rings (SSSR count). The predicted molar refractivity (Wildman–Crippen MR) is 122 cm³/mol. The Morgan fingerprint density at radius 1 is 0.538 bits per heavy atom. The summed E-state index contributed by atoms with van der Waals surface area (Å²) in [6, 6.07) is 0. The molecule has 0 unspecified atom stereocenters. The third-order valence-corrected chi connectivity index (χ3v) is 7.25. The Hall–Kier alpha value is 0.360. The van der Waals surface area contributed by atoms with E-state index < -0.39 is 0 Å². The van der Waals surface area contributed by atoms with Crippen LogP contribution in [0.25, 0.3) is 0 Å². The largest absolute Gasteiger partial charge is 0.396 e. The van der Waals surface area contributed by atoms with Crippen LogP contribution in [0.5, 0.6) is 0 Å². The van der Waals surface area contributed by atoms with Crippen LogP contribution in [0, 0.1) is 0 Å². The monoisotopic (exact) mass is 404 g/mol. The van der Waals surface area contributed by atoms with Crippen molar-refractivity contribution in [2.45, 2.75) is 104 Å². The number of aliphatic hydroxyl groups excluding tert-OH is 2. The number of hydrogen-bond acceptors (Lipinski definition) is 4. The predicted octanol–water partition coefficient (Wildman–Crippen LogP) is 7.15. The molecule has 0 saturated heterocycles. The van der Waals surface area contributed by atoms with Crippen molar-refractivity contribution in [3.63, 3.8) is 0 Å². The summed E-state index contributed by atoms with van der Waals surface area (Å²) in [6.07, 6.45) is 17.4. The van der Waals surface area contributed by atoms with Crippen LogP contribution >= 0.6 is 23.5 Å². The lowest BCUT2D eigenvalue weighted by Crippen LogP contribution is -1.96. The molecular weight excluding hydrogens is 360 g/mol.